The first-order chi connectivity index (χ1) is 9.24. The van der Waals surface area contributed by atoms with Gasteiger partial charge in [-0.3, -0.25) is 0 Å². The predicted molar refractivity (Wildman–Crippen MR) is 74.6 cm³/mol. The Morgan fingerprint density at radius 3 is 2.58 bits per heavy atom. The van der Waals surface area contributed by atoms with E-state index in [0.717, 1.165) is 44.6 Å². The quantitative estimate of drug-likeness (QED) is 0.642. The minimum Gasteiger partial charge on any atom is -0.387 e. The van der Waals surface area contributed by atoms with Gasteiger partial charge in [-0.15, -0.1) is 0 Å². The maximum Gasteiger partial charge on any atom is 0.123 e. The number of rotatable bonds is 10. The third-order valence-corrected chi connectivity index (χ3v) is 2.88. The van der Waals surface area contributed by atoms with E-state index in [2.05, 4.69) is 12.2 Å². The number of ether oxygens (including phenoxy) is 1. The third-order valence-electron chi connectivity index (χ3n) is 2.88. The molecule has 0 aliphatic carbocycles. The lowest BCUT2D eigenvalue weighted by Crippen LogP contribution is -2.23. The summed E-state index contributed by atoms with van der Waals surface area (Å²) in [4.78, 5) is 0. The van der Waals surface area contributed by atoms with Crippen LogP contribution in [0.1, 0.15) is 37.9 Å². The van der Waals surface area contributed by atoms with E-state index in [1.807, 2.05) is 0 Å². The van der Waals surface area contributed by atoms with Crippen molar-refractivity contribution in [2.75, 3.05) is 26.3 Å². The summed E-state index contributed by atoms with van der Waals surface area (Å²) in [6, 6.07) is 5.94. The van der Waals surface area contributed by atoms with Gasteiger partial charge in [-0.25, -0.2) is 4.39 Å². The molecular formula is C15H24FNO2. The van der Waals surface area contributed by atoms with Gasteiger partial charge in [0.05, 0.1) is 6.10 Å². The molecule has 0 saturated heterocycles. The molecule has 0 bridgehead atoms. The first kappa shape index (κ1) is 16.1. The molecule has 1 atom stereocenters. The van der Waals surface area contributed by atoms with Crippen molar-refractivity contribution in [1.29, 1.82) is 0 Å². The highest BCUT2D eigenvalue weighted by atomic mass is 19.1. The van der Waals surface area contributed by atoms with E-state index in [0.29, 0.717) is 6.54 Å². The van der Waals surface area contributed by atoms with Crippen LogP contribution in [-0.2, 0) is 4.74 Å². The van der Waals surface area contributed by atoms with Gasteiger partial charge in [0.25, 0.3) is 0 Å². The number of hydrogen-bond donors (Lipinski definition) is 2. The molecule has 0 amide bonds. The molecule has 1 aromatic rings. The molecular weight excluding hydrogens is 245 g/mol. The van der Waals surface area contributed by atoms with Gasteiger partial charge in [0, 0.05) is 19.8 Å². The summed E-state index contributed by atoms with van der Waals surface area (Å²) in [6.07, 6.45) is 2.60. The second-order valence-electron chi connectivity index (χ2n) is 4.59. The summed E-state index contributed by atoms with van der Waals surface area (Å²) >= 11 is 0. The van der Waals surface area contributed by atoms with Gasteiger partial charge in [0.2, 0.25) is 0 Å². The van der Waals surface area contributed by atoms with Crippen LogP contribution in [0.2, 0.25) is 0 Å². The van der Waals surface area contributed by atoms with Crippen molar-refractivity contribution in [3.8, 4) is 0 Å². The van der Waals surface area contributed by atoms with Crippen LogP contribution in [0.25, 0.3) is 0 Å². The first-order valence-corrected chi connectivity index (χ1v) is 6.96. The molecule has 1 aromatic carbocycles. The summed E-state index contributed by atoms with van der Waals surface area (Å²) in [5.41, 5.74) is 0.730. The van der Waals surface area contributed by atoms with E-state index in [1.54, 1.807) is 12.1 Å². The molecule has 19 heavy (non-hydrogen) atoms. The van der Waals surface area contributed by atoms with Crippen molar-refractivity contribution in [3.63, 3.8) is 0 Å². The Morgan fingerprint density at radius 1 is 1.21 bits per heavy atom. The molecule has 3 nitrogen and oxygen atoms in total. The van der Waals surface area contributed by atoms with Crippen molar-refractivity contribution < 1.29 is 14.2 Å². The Labute approximate surface area is 114 Å². The third kappa shape index (κ3) is 7.25. The Hall–Kier alpha value is -0.970. The zero-order valence-corrected chi connectivity index (χ0v) is 11.6. The van der Waals surface area contributed by atoms with Crippen molar-refractivity contribution >= 4 is 0 Å². The van der Waals surface area contributed by atoms with E-state index in [-0.39, 0.29) is 5.82 Å². The Morgan fingerprint density at radius 2 is 1.89 bits per heavy atom. The molecule has 0 spiro atoms. The molecule has 0 aromatic heterocycles. The molecule has 0 saturated carbocycles. The topological polar surface area (TPSA) is 41.5 Å². The van der Waals surface area contributed by atoms with Gasteiger partial charge in [-0.2, -0.15) is 0 Å². The summed E-state index contributed by atoms with van der Waals surface area (Å²) in [6.45, 7) is 5.00. The first-order valence-electron chi connectivity index (χ1n) is 6.96. The molecule has 1 rings (SSSR count). The number of unbranched alkanes of at least 4 members (excludes halogenated alkanes) is 1. The lowest BCUT2D eigenvalue weighted by molar-refractivity contribution is 0.126. The van der Waals surface area contributed by atoms with Crippen molar-refractivity contribution in [2.24, 2.45) is 0 Å². The van der Waals surface area contributed by atoms with Crippen LogP contribution in [0, 0.1) is 5.82 Å². The van der Waals surface area contributed by atoms with Crippen molar-refractivity contribution in [2.45, 2.75) is 32.3 Å². The molecule has 2 N–H and O–H groups in total. The van der Waals surface area contributed by atoms with E-state index in [4.69, 9.17) is 4.74 Å². The van der Waals surface area contributed by atoms with Crippen molar-refractivity contribution in [3.05, 3.63) is 35.6 Å². The number of benzene rings is 1. The molecule has 0 radical (unpaired) electrons. The zero-order valence-electron chi connectivity index (χ0n) is 11.6. The molecule has 0 aliphatic rings. The molecule has 1 unspecified atom stereocenters. The SMILES string of the molecule is CCCCOCCCNCC(O)c1ccc(F)cc1. The zero-order chi connectivity index (χ0) is 13.9. The predicted octanol–water partition coefficient (Wildman–Crippen LogP) is 2.66. The molecule has 0 heterocycles. The van der Waals surface area contributed by atoms with Crippen LogP contribution < -0.4 is 5.32 Å². The molecule has 0 aliphatic heterocycles. The van der Waals surface area contributed by atoms with Gasteiger partial charge in [-0.1, -0.05) is 25.5 Å². The highest BCUT2D eigenvalue weighted by molar-refractivity contribution is 5.18. The fourth-order valence-corrected chi connectivity index (χ4v) is 1.69. The summed E-state index contributed by atoms with van der Waals surface area (Å²) in [5.74, 6) is -0.284. The molecule has 0 fully saturated rings. The highest BCUT2D eigenvalue weighted by Gasteiger charge is 2.06. The minimum atomic E-state index is -0.596. The number of aliphatic hydroxyl groups is 1. The van der Waals surface area contributed by atoms with Gasteiger partial charge in [0.1, 0.15) is 5.82 Å². The smallest absolute Gasteiger partial charge is 0.123 e. The number of nitrogens with one attached hydrogen (secondary N) is 1. The van der Waals surface area contributed by atoms with Crippen LogP contribution in [0.15, 0.2) is 24.3 Å². The monoisotopic (exact) mass is 269 g/mol. The van der Waals surface area contributed by atoms with Crippen molar-refractivity contribution in [1.82, 2.24) is 5.32 Å². The normalized spacial score (nSPS) is 12.6. The standard InChI is InChI=1S/C15H24FNO2/c1-2-3-10-19-11-4-9-17-12-15(18)13-5-7-14(16)8-6-13/h5-8,15,17-18H,2-4,9-12H2,1H3. The largest absolute Gasteiger partial charge is 0.387 e. The summed E-state index contributed by atoms with van der Waals surface area (Å²) in [5, 5.41) is 13.0. The van der Waals surface area contributed by atoms with Gasteiger partial charge < -0.3 is 15.2 Å². The highest BCUT2D eigenvalue weighted by Crippen LogP contribution is 2.12. The Kier molecular flexibility index (Phi) is 8.38. The van der Waals surface area contributed by atoms with E-state index in [1.165, 1.54) is 12.1 Å². The number of aliphatic hydroxyl groups excluding tert-OH is 1. The lowest BCUT2D eigenvalue weighted by atomic mass is 10.1. The molecule has 4 heteroatoms. The van der Waals surface area contributed by atoms with Crippen LogP contribution in [0.3, 0.4) is 0 Å². The van der Waals surface area contributed by atoms with Gasteiger partial charge >= 0.3 is 0 Å². The van der Waals surface area contributed by atoms with E-state index in [9.17, 15) is 9.50 Å². The lowest BCUT2D eigenvalue weighted by Gasteiger charge is -2.12. The second-order valence-corrected chi connectivity index (χ2v) is 4.59. The van der Waals surface area contributed by atoms with Gasteiger partial charge in [-0.05, 0) is 37.1 Å². The second kappa shape index (κ2) is 9.89. The van der Waals surface area contributed by atoms with Crippen LogP contribution >= 0.6 is 0 Å². The van der Waals surface area contributed by atoms with Gasteiger partial charge in [0.15, 0.2) is 0 Å². The fourth-order valence-electron chi connectivity index (χ4n) is 1.69. The average Bonchev–Trinajstić information content (AvgIpc) is 2.42. The van der Waals surface area contributed by atoms with Crippen LogP contribution in [-0.4, -0.2) is 31.4 Å². The Balaban J connectivity index is 2.04. The minimum absolute atomic E-state index is 0.284. The van der Waals surface area contributed by atoms with Crippen LogP contribution in [0.5, 0.6) is 0 Å². The number of halogens is 1. The maximum absolute atomic E-state index is 12.7. The maximum atomic E-state index is 12.7. The van der Waals surface area contributed by atoms with E-state index >= 15 is 0 Å². The average molecular weight is 269 g/mol. The molecule has 108 valence electrons. The van der Waals surface area contributed by atoms with E-state index < -0.39 is 6.10 Å². The number of hydrogen-bond acceptors (Lipinski definition) is 3. The fraction of sp³-hybridized carbons (Fsp3) is 0.600. The summed E-state index contributed by atoms with van der Waals surface area (Å²) in [7, 11) is 0. The van der Waals surface area contributed by atoms with Crippen LogP contribution in [0.4, 0.5) is 4.39 Å². The summed E-state index contributed by atoms with van der Waals surface area (Å²) < 4.78 is 18.2. The Bertz CT molecular complexity index is 329.